The van der Waals surface area contributed by atoms with Gasteiger partial charge < -0.3 is 14.6 Å². The second-order valence-electron chi connectivity index (χ2n) is 8.55. The van der Waals surface area contributed by atoms with Gasteiger partial charge in [-0.15, -0.1) is 0 Å². The van der Waals surface area contributed by atoms with Crippen molar-refractivity contribution in [1.82, 2.24) is 4.90 Å². The first-order valence-corrected chi connectivity index (χ1v) is 11.1. The van der Waals surface area contributed by atoms with E-state index in [1.807, 2.05) is 56.4 Å². The van der Waals surface area contributed by atoms with Crippen molar-refractivity contribution in [2.24, 2.45) is 0 Å². The fourth-order valence-corrected chi connectivity index (χ4v) is 4.27. The lowest BCUT2D eigenvalue weighted by Crippen LogP contribution is -2.51. The van der Waals surface area contributed by atoms with Gasteiger partial charge in [-0.05, 0) is 63.1 Å². The number of likely N-dealkylation sites (N-methyl/N-ethyl adjacent to an activating group) is 1. The summed E-state index contributed by atoms with van der Waals surface area (Å²) in [5, 5.41) is 11.1. The van der Waals surface area contributed by atoms with E-state index in [1.165, 1.54) is 17.7 Å². The molecule has 1 aliphatic rings. The van der Waals surface area contributed by atoms with Crippen LogP contribution in [0.3, 0.4) is 0 Å². The number of aryl methyl sites for hydroxylation is 1. The van der Waals surface area contributed by atoms with Crippen molar-refractivity contribution in [1.29, 1.82) is 0 Å². The summed E-state index contributed by atoms with van der Waals surface area (Å²) in [5.74, 6) is 0.985. The van der Waals surface area contributed by atoms with Crippen molar-refractivity contribution in [3.8, 4) is 17.2 Å². The molecule has 168 valence electrons. The summed E-state index contributed by atoms with van der Waals surface area (Å²) in [6.07, 6.45) is 1.40. The van der Waals surface area contributed by atoms with Crippen LogP contribution in [0.4, 0.5) is 4.39 Å². The number of hydrogen-bond donors (Lipinski definition) is 1. The molecule has 1 saturated carbocycles. The Morgan fingerprint density at radius 2 is 1.72 bits per heavy atom. The molecular formula is C27H30FNO3. The van der Waals surface area contributed by atoms with Crippen LogP contribution in [-0.4, -0.2) is 35.3 Å². The molecule has 5 heteroatoms. The Morgan fingerprint density at radius 1 is 0.969 bits per heavy atom. The third-order valence-electron chi connectivity index (χ3n) is 6.04. The van der Waals surface area contributed by atoms with Crippen molar-refractivity contribution in [2.45, 2.75) is 51.0 Å². The Kier molecular flexibility index (Phi) is 7.08. The Morgan fingerprint density at radius 3 is 2.47 bits per heavy atom. The molecule has 0 radical (unpaired) electrons. The van der Waals surface area contributed by atoms with Crippen molar-refractivity contribution >= 4 is 0 Å². The van der Waals surface area contributed by atoms with E-state index < -0.39 is 18.0 Å². The van der Waals surface area contributed by atoms with E-state index in [9.17, 15) is 9.50 Å². The Bertz CT molecular complexity index is 1010. The van der Waals surface area contributed by atoms with E-state index in [2.05, 4.69) is 17.0 Å². The van der Waals surface area contributed by atoms with E-state index in [0.29, 0.717) is 23.7 Å². The number of aliphatic hydroxyl groups excluding tert-OH is 1. The summed E-state index contributed by atoms with van der Waals surface area (Å²) < 4.78 is 26.2. The quantitative estimate of drug-likeness (QED) is 0.515. The van der Waals surface area contributed by atoms with Gasteiger partial charge in [0.15, 0.2) is 11.5 Å². The number of halogens is 1. The molecule has 0 aliphatic heterocycles. The molecule has 1 fully saturated rings. The molecule has 0 saturated heterocycles. The summed E-state index contributed by atoms with van der Waals surface area (Å²) in [6, 6.07) is 22.1. The van der Waals surface area contributed by atoms with E-state index in [1.54, 1.807) is 6.07 Å². The summed E-state index contributed by atoms with van der Waals surface area (Å²) in [6.45, 7) is 2.75. The lowest BCUT2D eigenvalue weighted by atomic mass is 9.88. The number of aliphatic hydroxyl groups is 1. The zero-order valence-corrected chi connectivity index (χ0v) is 18.6. The van der Waals surface area contributed by atoms with Gasteiger partial charge in [0, 0.05) is 18.7 Å². The fourth-order valence-electron chi connectivity index (χ4n) is 4.27. The SMILES string of the molecule is Cc1ccc(Oc2ccc(F)cc2O[C@@H]2CCC[C@@H](N(C)Cc3ccccc3)[C@H]2O)cc1. The van der Waals surface area contributed by atoms with Gasteiger partial charge >= 0.3 is 0 Å². The molecule has 1 N–H and O–H groups in total. The van der Waals surface area contributed by atoms with Crippen LogP contribution in [0.25, 0.3) is 0 Å². The van der Waals surface area contributed by atoms with Gasteiger partial charge in [0.25, 0.3) is 0 Å². The first kappa shape index (κ1) is 22.3. The third kappa shape index (κ3) is 5.47. The highest BCUT2D eigenvalue weighted by molar-refractivity contribution is 5.43. The van der Waals surface area contributed by atoms with Crippen LogP contribution in [0.5, 0.6) is 17.2 Å². The molecule has 0 heterocycles. The molecule has 0 amide bonds. The molecule has 3 atom stereocenters. The van der Waals surface area contributed by atoms with Gasteiger partial charge in [-0.3, -0.25) is 4.90 Å². The maximum Gasteiger partial charge on any atom is 0.169 e. The lowest BCUT2D eigenvalue weighted by Gasteiger charge is -2.39. The molecule has 0 unspecified atom stereocenters. The molecule has 0 aromatic heterocycles. The number of hydrogen-bond acceptors (Lipinski definition) is 4. The second-order valence-corrected chi connectivity index (χ2v) is 8.55. The van der Waals surface area contributed by atoms with Crippen LogP contribution in [0, 0.1) is 12.7 Å². The predicted molar refractivity (Wildman–Crippen MR) is 124 cm³/mol. The summed E-state index contributed by atoms with van der Waals surface area (Å²) in [7, 11) is 2.03. The monoisotopic (exact) mass is 435 g/mol. The Balaban J connectivity index is 1.48. The largest absolute Gasteiger partial charge is 0.484 e. The normalized spacial score (nSPS) is 20.8. The van der Waals surface area contributed by atoms with E-state index in [0.717, 1.165) is 24.9 Å². The lowest BCUT2D eigenvalue weighted by molar-refractivity contribution is -0.0497. The van der Waals surface area contributed by atoms with Crippen molar-refractivity contribution < 1.29 is 19.0 Å². The fraction of sp³-hybridized carbons (Fsp3) is 0.333. The van der Waals surface area contributed by atoms with Crippen LogP contribution in [0.15, 0.2) is 72.8 Å². The molecule has 0 spiro atoms. The third-order valence-corrected chi connectivity index (χ3v) is 6.04. The van der Waals surface area contributed by atoms with Crippen molar-refractivity contribution in [3.05, 3.63) is 89.7 Å². The minimum atomic E-state index is -0.687. The number of benzene rings is 3. The predicted octanol–water partition coefficient (Wildman–Crippen LogP) is 5.72. The number of ether oxygens (including phenoxy) is 2. The average molecular weight is 436 g/mol. The summed E-state index contributed by atoms with van der Waals surface area (Å²) in [4.78, 5) is 2.17. The minimum absolute atomic E-state index is 0.0380. The van der Waals surface area contributed by atoms with Gasteiger partial charge in [0.2, 0.25) is 0 Å². The molecular weight excluding hydrogens is 405 g/mol. The topological polar surface area (TPSA) is 41.9 Å². The first-order valence-electron chi connectivity index (χ1n) is 11.1. The number of rotatable bonds is 7. The van der Waals surface area contributed by atoms with Gasteiger partial charge in [-0.25, -0.2) is 4.39 Å². The van der Waals surface area contributed by atoms with Crippen molar-refractivity contribution in [2.75, 3.05) is 7.05 Å². The van der Waals surface area contributed by atoms with Crippen LogP contribution in [0.2, 0.25) is 0 Å². The molecule has 3 aromatic rings. The maximum atomic E-state index is 14.0. The van der Waals surface area contributed by atoms with Crippen LogP contribution in [-0.2, 0) is 6.54 Å². The Hall–Kier alpha value is -2.89. The second kappa shape index (κ2) is 10.2. The van der Waals surface area contributed by atoms with Gasteiger partial charge in [-0.2, -0.15) is 0 Å². The van der Waals surface area contributed by atoms with Crippen molar-refractivity contribution in [3.63, 3.8) is 0 Å². The molecule has 4 rings (SSSR count). The van der Waals surface area contributed by atoms with E-state index in [4.69, 9.17) is 9.47 Å². The zero-order chi connectivity index (χ0) is 22.5. The molecule has 0 bridgehead atoms. The molecule has 32 heavy (non-hydrogen) atoms. The summed E-state index contributed by atoms with van der Waals surface area (Å²) in [5.41, 5.74) is 2.33. The highest BCUT2D eigenvalue weighted by Gasteiger charge is 2.36. The molecule has 1 aliphatic carbocycles. The molecule has 3 aromatic carbocycles. The molecule has 4 nitrogen and oxygen atoms in total. The standard InChI is InChI=1S/C27H30FNO3/c1-19-11-14-22(15-12-19)31-24-16-13-21(28)17-26(24)32-25-10-6-9-23(27(25)30)29(2)18-20-7-4-3-5-8-20/h3-5,7-8,11-17,23,25,27,30H,6,9-10,18H2,1-2H3/t23-,25-,27-/m1/s1. The van der Waals surface area contributed by atoms with E-state index in [-0.39, 0.29) is 6.04 Å². The maximum absolute atomic E-state index is 14.0. The van der Waals surface area contributed by atoms with Crippen LogP contribution < -0.4 is 9.47 Å². The van der Waals surface area contributed by atoms with Gasteiger partial charge in [0.1, 0.15) is 23.8 Å². The number of nitrogens with zero attached hydrogens (tertiary/aromatic N) is 1. The summed E-state index contributed by atoms with van der Waals surface area (Å²) >= 11 is 0. The van der Waals surface area contributed by atoms with Crippen LogP contribution in [0.1, 0.15) is 30.4 Å². The highest BCUT2D eigenvalue weighted by Crippen LogP contribution is 2.36. The first-order chi connectivity index (χ1) is 15.5. The zero-order valence-electron chi connectivity index (χ0n) is 18.6. The highest BCUT2D eigenvalue weighted by atomic mass is 19.1. The van der Waals surface area contributed by atoms with E-state index >= 15 is 0 Å². The van der Waals surface area contributed by atoms with Gasteiger partial charge in [-0.1, -0.05) is 48.0 Å². The Labute approximate surface area is 189 Å². The van der Waals surface area contributed by atoms with Gasteiger partial charge in [0.05, 0.1) is 0 Å². The average Bonchev–Trinajstić information content (AvgIpc) is 2.79. The smallest absolute Gasteiger partial charge is 0.169 e. The van der Waals surface area contributed by atoms with Crippen LogP contribution >= 0.6 is 0 Å². The minimum Gasteiger partial charge on any atom is -0.484 e.